The van der Waals surface area contributed by atoms with E-state index in [0.717, 1.165) is 12.8 Å². The summed E-state index contributed by atoms with van der Waals surface area (Å²) in [5, 5.41) is 17.3. The fourth-order valence-corrected chi connectivity index (χ4v) is 0.708. The number of aliphatic hydroxyl groups excluding tert-OH is 2. The lowest BCUT2D eigenvalue weighted by Crippen LogP contribution is -2.33. The standard InChI is InChI=1S/C5H11NO2/c6-4(8)5(3-7)1-2-5/h4,7-8H,1-3,6H2/t4-/m0/s1. The third-order valence-electron chi connectivity index (χ3n) is 1.83. The molecule has 0 saturated heterocycles. The van der Waals surface area contributed by atoms with Crippen LogP contribution in [0.25, 0.3) is 0 Å². The van der Waals surface area contributed by atoms with Crippen LogP contribution in [0.3, 0.4) is 0 Å². The second-order valence-electron chi connectivity index (χ2n) is 2.47. The van der Waals surface area contributed by atoms with Gasteiger partial charge in [0.2, 0.25) is 0 Å². The lowest BCUT2D eigenvalue weighted by molar-refractivity contribution is 0.0557. The molecule has 1 rings (SSSR count). The summed E-state index contributed by atoms with van der Waals surface area (Å²) in [5.41, 5.74) is 4.82. The monoisotopic (exact) mass is 117 g/mol. The van der Waals surface area contributed by atoms with E-state index in [2.05, 4.69) is 0 Å². The van der Waals surface area contributed by atoms with Crippen LogP contribution in [0.15, 0.2) is 0 Å². The molecule has 1 saturated carbocycles. The smallest absolute Gasteiger partial charge is 0.110 e. The van der Waals surface area contributed by atoms with E-state index in [1.807, 2.05) is 0 Å². The third-order valence-corrected chi connectivity index (χ3v) is 1.83. The van der Waals surface area contributed by atoms with E-state index in [1.165, 1.54) is 0 Å². The molecule has 0 aromatic rings. The Labute approximate surface area is 48.1 Å². The first-order chi connectivity index (χ1) is 3.71. The van der Waals surface area contributed by atoms with E-state index < -0.39 is 6.23 Å². The molecule has 0 heterocycles. The molecule has 3 nitrogen and oxygen atoms in total. The van der Waals surface area contributed by atoms with Crippen molar-refractivity contribution in [2.75, 3.05) is 6.61 Å². The highest BCUT2D eigenvalue weighted by molar-refractivity contribution is 4.95. The summed E-state index contributed by atoms with van der Waals surface area (Å²) in [6.07, 6.45) is 0.898. The Morgan fingerprint density at radius 1 is 1.62 bits per heavy atom. The number of hydrogen-bond donors (Lipinski definition) is 3. The van der Waals surface area contributed by atoms with Gasteiger partial charge in [-0.2, -0.15) is 0 Å². The molecule has 0 amide bonds. The molecule has 0 spiro atoms. The van der Waals surface area contributed by atoms with Gasteiger partial charge >= 0.3 is 0 Å². The zero-order valence-corrected chi connectivity index (χ0v) is 4.67. The Hall–Kier alpha value is -0.120. The minimum absolute atomic E-state index is 0.0185. The molecule has 0 bridgehead atoms. The van der Waals surface area contributed by atoms with Crippen molar-refractivity contribution in [3.05, 3.63) is 0 Å². The van der Waals surface area contributed by atoms with Crippen LogP contribution in [0.5, 0.6) is 0 Å². The Morgan fingerprint density at radius 3 is 2.12 bits per heavy atom. The normalized spacial score (nSPS) is 27.4. The van der Waals surface area contributed by atoms with E-state index in [1.54, 1.807) is 0 Å². The topological polar surface area (TPSA) is 66.5 Å². The van der Waals surface area contributed by atoms with Gasteiger partial charge in [-0.25, -0.2) is 0 Å². The first-order valence-corrected chi connectivity index (χ1v) is 2.76. The fourth-order valence-electron chi connectivity index (χ4n) is 0.708. The first kappa shape index (κ1) is 6.01. The van der Waals surface area contributed by atoms with Gasteiger partial charge in [-0.05, 0) is 12.8 Å². The summed E-state index contributed by atoms with van der Waals surface area (Å²) < 4.78 is 0. The zero-order valence-electron chi connectivity index (χ0n) is 4.67. The van der Waals surface area contributed by atoms with Crippen molar-refractivity contribution < 1.29 is 10.2 Å². The van der Waals surface area contributed by atoms with Gasteiger partial charge in [0.15, 0.2) is 0 Å². The van der Waals surface area contributed by atoms with Crippen LogP contribution in [0.2, 0.25) is 0 Å². The number of aliphatic hydroxyl groups is 2. The molecule has 4 N–H and O–H groups in total. The molecule has 1 fully saturated rings. The van der Waals surface area contributed by atoms with E-state index in [9.17, 15) is 0 Å². The third kappa shape index (κ3) is 0.727. The highest BCUT2D eigenvalue weighted by Crippen LogP contribution is 2.46. The largest absolute Gasteiger partial charge is 0.396 e. The van der Waals surface area contributed by atoms with E-state index in [4.69, 9.17) is 15.9 Å². The van der Waals surface area contributed by atoms with Crippen molar-refractivity contribution in [3.8, 4) is 0 Å². The maximum absolute atomic E-state index is 8.76. The van der Waals surface area contributed by atoms with Crippen molar-refractivity contribution >= 4 is 0 Å². The highest BCUT2D eigenvalue weighted by atomic mass is 16.3. The molecule has 0 aromatic heterocycles. The molecule has 0 aliphatic heterocycles. The molecule has 1 aliphatic carbocycles. The van der Waals surface area contributed by atoms with Gasteiger partial charge in [0.25, 0.3) is 0 Å². The Morgan fingerprint density at radius 2 is 2.12 bits per heavy atom. The lowest BCUT2D eigenvalue weighted by atomic mass is 10.1. The van der Waals surface area contributed by atoms with Gasteiger partial charge in [0.1, 0.15) is 6.23 Å². The summed E-state index contributed by atoms with van der Waals surface area (Å²) >= 11 is 0. The summed E-state index contributed by atoms with van der Waals surface area (Å²) in [5.74, 6) is 0. The second-order valence-corrected chi connectivity index (χ2v) is 2.47. The van der Waals surface area contributed by atoms with E-state index in [-0.39, 0.29) is 12.0 Å². The second kappa shape index (κ2) is 1.69. The van der Waals surface area contributed by atoms with Crippen molar-refractivity contribution in [1.82, 2.24) is 0 Å². The molecule has 1 aliphatic rings. The molecule has 1 atom stereocenters. The zero-order chi connectivity index (χ0) is 6.20. The number of rotatable bonds is 2. The highest BCUT2D eigenvalue weighted by Gasteiger charge is 2.46. The summed E-state index contributed by atoms with van der Waals surface area (Å²) in [4.78, 5) is 0. The van der Waals surface area contributed by atoms with Crippen molar-refractivity contribution in [2.45, 2.75) is 19.1 Å². The van der Waals surface area contributed by atoms with Gasteiger partial charge < -0.3 is 15.9 Å². The molecule has 8 heavy (non-hydrogen) atoms. The Kier molecular flexibility index (Phi) is 1.27. The van der Waals surface area contributed by atoms with Crippen LogP contribution in [0.4, 0.5) is 0 Å². The van der Waals surface area contributed by atoms with Gasteiger partial charge in [-0.15, -0.1) is 0 Å². The van der Waals surface area contributed by atoms with Crippen LogP contribution in [-0.4, -0.2) is 23.0 Å². The summed E-state index contributed by atoms with van der Waals surface area (Å²) in [7, 11) is 0. The maximum Gasteiger partial charge on any atom is 0.110 e. The van der Waals surface area contributed by atoms with Crippen LogP contribution < -0.4 is 5.73 Å². The van der Waals surface area contributed by atoms with Gasteiger partial charge in [-0.1, -0.05) is 0 Å². The van der Waals surface area contributed by atoms with Gasteiger partial charge in [0.05, 0.1) is 6.61 Å². The van der Waals surface area contributed by atoms with Crippen LogP contribution in [-0.2, 0) is 0 Å². The number of hydrogen-bond acceptors (Lipinski definition) is 3. The lowest BCUT2D eigenvalue weighted by Gasteiger charge is -2.13. The Balaban J connectivity index is 2.41. The maximum atomic E-state index is 8.76. The minimum atomic E-state index is -0.826. The molecular weight excluding hydrogens is 106 g/mol. The quantitative estimate of drug-likeness (QED) is 0.408. The van der Waals surface area contributed by atoms with E-state index >= 15 is 0 Å². The van der Waals surface area contributed by atoms with Crippen molar-refractivity contribution in [2.24, 2.45) is 11.1 Å². The van der Waals surface area contributed by atoms with E-state index in [0.29, 0.717) is 0 Å². The fraction of sp³-hybridized carbons (Fsp3) is 1.00. The van der Waals surface area contributed by atoms with Crippen LogP contribution in [0, 0.1) is 5.41 Å². The summed E-state index contributed by atoms with van der Waals surface area (Å²) in [6, 6.07) is 0. The van der Waals surface area contributed by atoms with Gasteiger partial charge in [-0.3, -0.25) is 0 Å². The number of nitrogens with two attached hydrogens (primary N) is 1. The average molecular weight is 117 g/mol. The average Bonchev–Trinajstić information content (AvgIpc) is 2.44. The predicted molar refractivity (Wildman–Crippen MR) is 28.9 cm³/mol. The molecule has 0 aromatic carbocycles. The van der Waals surface area contributed by atoms with Crippen LogP contribution >= 0.6 is 0 Å². The van der Waals surface area contributed by atoms with Crippen LogP contribution in [0.1, 0.15) is 12.8 Å². The van der Waals surface area contributed by atoms with Crippen molar-refractivity contribution in [3.63, 3.8) is 0 Å². The molecule has 48 valence electrons. The first-order valence-electron chi connectivity index (χ1n) is 2.76. The summed E-state index contributed by atoms with van der Waals surface area (Å²) in [6.45, 7) is 0.0185. The minimum Gasteiger partial charge on any atom is -0.396 e. The molecule has 0 radical (unpaired) electrons. The SMILES string of the molecule is N[C@@H](O)C1(CO)CC1. The Bertz CT molecular complexity index is 88.4. The molecule has 3 heteroatoms. The van der Waals surface area contributed by atoms with Gasteiger partial charge in [0, 0.05) is 5.41 Å². The molecular formula is C5H11NO2. The predicted octanol–water partition coefficient (Wildman–Crippen LogP) is -0.964. The van der Waals surface area contributed by atoms with Crippen molar-refractivity contribution in [1.29, 1.82) is 0 Å². The molecule has 0 unspecified atom stereocenters.